The second-order valence-corrected chi connectivity index (χ2v) is 6.51. The number of aromatic nitrogens is 1. The molecule has 2 N–H and O–H groups in total. The van der Waals surface area contributed by atoms with Crippen LogP contribution < -0.4 is 10.5 Å². The van der Waals surface area contributed by atoms with Crippen molar-refractivity contribution in [3.63, 3.8) is 0 Å². The molecule has 0 aliphatic rings. The Morgan fingerprint density at radius 1 is 1.39 bits per heavy atom. The third-order valence-corrected chi connectivity index (χ3v) is 4.35. The maximum atomic E-state index is 11.3. The molecule has 0 radical (unpaired) electrons. The van der Waals surface area contributed by atoms with E-state index in [0.717, 1.165) is 5.69 Å². The van der Waals surface area contributed by atoms with Crippen molar-refractivity contribution in [1.82, 2.24) is 4.98 Å². The number of hydrogen-bond acceptors (Lipinski definition) is 5. The highest BCUT2D eigenvalue weighted by atomic mass is 32.2. The van der Waals surface area contributed by atoms with Crippen LogP contribution >= 0.6 is 0 Å². The van der Waals surface area contributed by atoms with Crippen molar-refractivity contribution in [2.45, 2.75) is 26.8 Å². The Bertz CT molecular complexity index is 486. The Hall–Kier alpha value is -1.14. The van der Waals surface area contributed by atoms with Gasteiger partial charge in [0.15, 0.2) is 0 Å². The Balaban J connectivity index is 2.49. The molecule has 0 fully saturated rings. The van der Waals surface area contributed by atoms with Gasteiger partial charge in [0.2, 0.25) is 0 Å². The van der Waals surface area contributed by atoms with Gasteiger partial charge in [-0.25, -0.2) is 8.42 Å². The SMILES string of the molecule is CCS(=O)(=O)CCCOc1ccc(C)nc1CN. The molecule has 18 heavy (non-hydrogen) atoms. The first-order chi connectivity index (χ1) is 8.48. The first kappa shape index (κ1) is 14.9. The third-order valence-electron chi connectivity index (χ3n) is 2.56. The van der Waals surface area contributed by atoms with Crippen LogP contribution in [0, 0.1) is 6.92 Å². The molecule has 0 aliphatic carbocycles. The van der Waals surface area contributed by atoms with E-state index in [0.29, 0.717) is 31.0 Å². The number of ether oxygens (including phenoxy) is 1. The summed E-state index contributed by atoms with van der Waals surface area (Å²) in [5.74, 6) is 0.963. The average Bonchev–Trinajstić information content (AvgIpc) is 2.36. The predicted molar refractivity (Wildman–Crippen MR) is 71.3 cm³/mol. The molecule has 0 unspecified atom stereocenters. The highest BCUT2D eigenvalue weighted by Gasteiger charge is 2.08. The van der Waals surface area contributed by atoms with Gasteiger partial charge in [-0.1, -0.05) is 6.92 Å². The molecule has 0 amide bonds. The van der Waals surface area contributed by atoms with Gasteiger partial charge in [0.05, 0.1) is 18.1 Å². The quantitative estimate of drug-likeness (QED) is 0.750. The molecular weight excluding hydrogens is 252 g/mol. The van der Waals surface area contributed by atoms with Crippen LogP contribution in [-0.4, -0.2) is 31.5 Å². The second-order valence-electron chi connectivity index (χ2n) is 4.04. The van der Waals surface area contributed by atoms with Crippen LogP contribution in [0.3, 0.4) is 0 Å². The summed E-state index contributed by atoms with van der Waals surface area (Å²) in [6, 6.07) is 3.66. The van der Waals surface area contributed by atoms with Gasteiger partial charge in [0.1, 0.15) is 15.6 Å². The Morgan fingerprint density at radius 2 is 2.11 bits per heavy atom. The monoisotopic (exact) mass is 272 g/mol. The lowest BCUT2D eigenvalue weighted by atomic mass is 10.3. The molecule has 1 rings (SSSR count). The molecule has 0 saturated heterocycles. The minimum absolute atomic E-state index is 0.154. The number of rotatable bonds is 7. The zero-order chi connectivity index (χ0) is 13.6. The van der Waals surface area contributed by atoms with E-state index in [9.17, 15) is 8.42 Å². The summed E-state index contributed by atoms with van der Waals surface area (Å²) in [6.07, 6.45) is 0.480. The van der Waals surface area contributed by atoms with Crippen molar-refractivity contribution in [1.29, 1.82) is 0 Å². The molecule has 6 heteroatoms. The van der Waals surface area contributed by atoms with E-state index in [1.54, 1.807) is 6.92 Å². The minimum atomic E-state index is -2.92. The van der Waals surface area contributed by atoms with Gasteiger partial charge in [-0.2, -0.15) is 0 Å². The van der Waals surface area contributed by atoms with E-state index in [1.807, 2.05) is 19.1 Å². The number of aryl methyl sites for hydroxylation is 1. The van der Waals surface area contributed by atoms with Crippen molar-refractivity contribution in [2.75, 3.05) is 18.1 Å². The summed E-state index contributed by atoms with van der Waals surface area (Å²) in [6.45, 7) is 4.20. The summed E-state index contributed by atoms with van der Waals surface area (Å²) in [5.41, 5.74) is 7.16. The smallest absolute Gasteiger partial charge is 0.150 e. The van der Waals surface area contributed by atoms with Crippen molar-refractivity contribution in [3.05, 3.63) is 23.5 Å². The summed E-state index contributed by atoms with van der Waals surface area (Å²) >= 11 is 0. The lowest BCUT2D eigenvalue weighted by molar-refractivity contribution is 0.312. The van der Waals surface area contributed by atoms with Crippen molar-refractivity contribution in [3.8, 4) is 5.75 Å². The van der Waals surface area contributed by atoms with Gasteiger partial charge >= 0.3 is 0 Å². The van der Waals surface area contributed by atoms with E-state index in [4.69, 9.17) is 10.5 Å². The molecule has 0 atom stereocenters. The van der Waals surface area contributed by atoms with Crippen LogP contribution in [0.5, 0.6) is 5.75 Å². The molecule has 0 aromatic carbocycles. The second kappa shape index (κ2) is 6.70. The van der Waals surface area contributed by atoms with E-state index < -0.39 is 9.84 Å². The summed E-state index contributed by atoms with van der Waals surface area (Å²) in [7, 11) is -2.92. The van der Waals surface area contributed by atoms with E-state index in [1.165, 1.54) is 0 Å². The zero-order valence-corrected chi connectivity index (χ0v) is 11.7. The number of sulfone groups is 1. The van der Waals surface area contributed by atoms with Crippen LogP contribution in [0.1, 0.15) is 24.7 Å². The summed E-state index contributed by atoms with van der Waals surface area (Å²) in [5, 5.41) is 0. The first-order valence-corrected chi connectivity index (χ1v) is 7.80. The fraction of sp³-hybridized carbons (Fsp3) is 0.583. The van der Waals surface area contributed by atoms with Crippen LogP contribution in [0.15, 0.2) is 12.1 Å². The molecule has 1 heterocycles. The molecule has 0 saturated carbocycles. The topological polar surface area (TPSA) is 82.3 Å². The number of nitrogens with two attached hydrogens (primary N) is 1. The maximum Gasteiger partial charge on any atom is 0.150 e. The number of pyridine rings is 1. The highest BCUT2D eigenvalue weighted by Crippen LogP contribution is 2.16. The van der Waals surface area contributed by atoms with Crippen molar-refractivity contribution in [2.24, 2.45) is 5.73 Å². The van der Waals surface area contributed by atoms with Crippen molar-refractivity contribution < 1.29 is 13.2 Å². The average molecular weight is 272 g/mol. The van der Waals surface area contributed by atoms with E-state index in [2.05, 4.69) is 4.98 Å². The fourth-order valence-corrected chi connectivity index (χ4v) is 2.33. The first-order valence-electron chi connectivity index (χ1n) is 5.98. The largest absolute Gasteiger partial charge is 0.492 e. The van der Waals surface area contributed by atoms with E-state index >= 15 is 0 Å². The van der Waals surface area contributed by atoms with Crippen LogP contribution in [0.2, 0.25) is 0 Å². The zero-order valence-electron chi connectivity index (χ0n) is 10.8. The summed E-state index contributed by atoms with van der Waals surface area (Å²) < 4.78 is 28.1. The van der Waals surface area contributed by atoms with Gasteiger partial charge in [-0.05, 0) is 25.5 Å². The molecule has 0 aliphatic heterocycles. The molecule has 5 nitrogen and oxygen atoms in total. The fourth-order valence-electron chi connectivity index (χ4n) is 1.48. The van der Waals surface area contributed by atoms with Crippen LogP contribution in [-0.2, 0) is 16.4 Å². The third kappa shape index (κ3) is 4.62. The standard InChI is InChI=1S/C12H20N2O3S/c1-3-18(15,16)8-4-7-17-12-6-5-10(2)14-11(12)9-13/h5-6H,3-4,7-9,13H2,1-2H3. The van der Waals surface area contributed by atoms with Crippen LogP contribution in [0.4, 0.5) is 0 Å². The number of hydrogen-bond donors (Lipinski definition) is 1. The predicted octanol–water partition coefficient (Wildman–Crippen LogP) is 1.05. The molecular formula is C12H20N2O3S. The minimum Gasteiger partial charge on any atom is -0.492 e. The Morgan fingerprint density at radius 3 is 2.72 bits per heavy atom. The normalized spacial score (nSPS) is 11.5. The molecule has 1 aromatic rings. The summed E-state index contributed by atoms with van der Waals surface area (Å²) in [4.78, 5) is 4.27. The van der Waals surface area contributed by atoms with E-state index in [-0.39, 0.29) is 11.5 Å². The van der Waals surface area contributed by atoms with Gasteiger partial charge in [0, 0.05) is 18.0 Å². The lowest BCUT2D eigenvalue weighted by Crippen LogP contribution is -2.13. The Kier molecular flexibility index (Phi) is 5.55. The maximum absolute atomic E-state index is 11.3. The molecule has 102 valence electrons. The van der Waals surface area contributed by atoms with Crippen molar-refractivity contribution >= 4 is 9.84 Å². The van der Waals surface area contributed by atoms with Gasteiger partial charge in [-0.3, -0.25) is 4.98 Å². The van der Waals surface area contributed by atoms with Gasteiger partial charge in [0.25, 0.3) is 0 Å². The number of nitrogens with zero attached hydrogens (tertiary/aromatic N) is 1. The molecule has 1 aromatic heterocycles. The molecule has 0 spiro atoms. The highest BCUT2D eigenvalue weighted by molar-refractivity contribution is 7.91. The molecule has 0 bridgehead atoms. The lowest BCUT2D eigenvalue weighted by Gasteiger charge is -2.10. The van der Waals surface area contributed by atoms with Crippen LogP contribution in [0.25, 0.3) is 0 Å². The van der Waals surface area contributed by atoms with Gasteiger partial charge in [-0.15, -0.1) is 0 Å². The van der Waals surface area contributed by atoms with Gasteiger partial charge < -0.3 is 10.5 Å². The Labute approximate surface area is 108 Å².